The van der Waals surface area contributed by atoms with Crippen LogP contribution in [0.15, 0.2) is 103 Å². The molecule has 5 rings (SSSR count). The number of hydrogen-bond donors (Lipinski definition) is 0. The van der Waals surface area contributed by atoms with Gasteiger partial charge < -0.3 is 4.74 Å². The SMILES string of the molecule is O=C(c1ccccc1Oc1ccccc1)N(Cc1ccccc1)c1nc2c(F)cccc2s1. The van der Waals surface area contributed by atoms with Gasteiger partial charge in [0.05, 0.1) is 16.8 Å². The Balaban J connectivity index is 1.57. The van der Waals surface area contributed by atoms with Gasteiger partial charge in [-0.15, -0.1) is 0 Å². The van der Waals surface area contributed by atoms with Crippen molar-refractivity contribution in [3.05, 3.63) is 120 Å². The van der Waals surface area contributed by atoms with E-state index in [-0.39, 0.29) is 11.4 Å². The zero-order chi connectivity index (χ0) is 22.6. The van der Waals surface area contributed by atoms with Gasteiger partial charge in [-0.3, -0.25) is 9.69 Å². The van der Waals surface area contributed by atoms with E-state index in [1.54, 1.807) is 35.2 Å². The molecule has 4 nitrogen and oxygen atoms in total. The second-order valence-corrected chi connectivity index (χ2v) is 8.38. The zero-order valence-electron chi connectivity index (χ0n) is 17.5. The van der Waals surface area contributed by atoms with Crippen molar-refractivity contribution in [1.82, 2.24) is 4.98 Å². The van der Waals surface area contributed by atoms with Crippen molar-refractivity contribution in [3.63, 3.8) is 0 Å². The Hall–Kier alpha value is -4.03. The van der Waals surface area contributed by atoms with Crippen LogP contribution < -0.4 is 9.64 Å². The minimum Gasteiger partial charge on any atom is -0.457 e. The number of ether oxygens (including phenoxy) is 1. The summed E-state index contributed by atoms with van der Waals surface area (Å²) in [7, 11) is 0. The molecule has 1 heterocycles. The van der Waals surface area contributed by atoms with Crippen molar-refractivity contribution in [2.75, 3.05) is 4.90 Å². The first-order valence-electron chi connectivity index (χ1n) is 10.4. The number of hydrogen-bond acceptors (Lipinski definition) is 4. The largest absolute Gasteiger partial charge is 0.457 e. The molecule has 0 saturated carbocycles. The normalized spacial score (nSPS) is 10.8. The molecule has 5 aromatic rings. The van der Waals surface area contributed by atoms with Gasteiger partial charge in [-0.25, -0.2) is 9.37 Å². The van der Waals surface area contributed by atoms with E-state index in [2.05, 4.69) is 4.98 Å². The summed E-state index contributed by atoms with van der Waals surface area (Å²) >= 11 is 1.28. The fraction of sp³-hybridized carbons (Fsp3) is 0.0370. The van der Waals surface area contributed by atoms with Gasteiger partial charge in [0.25, 0.3) is 5.91 Å². The maximum absolute atomic E-state index is 14.3. The molecule has 4 aromatic carbocycles. The Morgan fingerprint density at radius 2 is 1.55 bits per heavy atom. The van der Waals surface area contributed by atoms with E-state index in [0.717, 1.165) is 5.56 Å². The van der Waals surface area contributed by atoms with Crippen LogP contribution >= 0.6 is 11.3 Å². The van der Waals surface area contributed by atoms with Crippen molar-refractivity contribution < 1.29 is 13.9 Å². The van der Waals surface area contributed by atoms with Gasteiger partial charge >= 0.3 is 0 Å². The maximum atomic E-state index is 14.3. The van der Waals surface area contributed by atoms with E-state index in [1.165, 1.54) is 17.4 Å². The molecule has 0 radical (unpaired) electrons. The molecule has 162 valence electrons. The quantitative estimate of drug-likeness (QED) is 0.275. The summed E-state index contributed by atoms with van der Waals surface area (Å²) in [6.07, 6.45) is 0. The highest BCUT2D eigenvalue weighted by atomic mass is 32.1. The Bertz CT molecular complexity index is 1400. The summed E-state index contributed by atoms with van der Waals surface area (Å²) in [5.74, 6) is 0.397. The second kappa shape index (κ2) is 9.22. The number of anilines is 1. The van der Waals surface area contributed by atoms with Crippen LogP contribution in [-0.4, -0.2) is 10.9 Å². The Morgan fingerprint density at radius 1 is 0.848 bits per heavy atom. The molecule has 33 heavy (non-hydrogen) atoms. The molecule has 0 unspecified atom stereocenters. The van der Waals surface area contributed by atoms with Crippen LogP contribution in [0.2, 0.25) is 0 Å². The number of carbonyl (C=O) groups excluding carboxylic acids is 1. The minimum atomic E-state index is -0.407. The van der Waals surface area contributed by atoms with Crippen molar-refractivity contribution >= 4 is 32.6 Å². The van der Waals surface area contributed by atoms with E-state index in [0.29, 0.717) is 33.4 Å². The summed E-state index contributed by atoms with van der Waals surface area (Å²) in [4.78, 5) is 19.9. The highest BCUT2D eigenvalue weighted by Gasteiger charge is 2.25. The van der Waals surface area contributed by atoms with Crippen LogP contribution in [0.5, 0.6) is 11.5 Å². The number of nitrogens with zero attached hydrogens (tertiary/aromatic N) is 2. The molecule has 0 N–H and O–H groups in total. The van der Waals surface area contributed by atoms with Crippen molar-refractivity contribution in [3.8, 4) is 11.5 Å². The highest BCUT2D eigenvalue weighted by molar-refractivity contribution is 7.22. The number of thiazole rings is 1. The molecule has 0 aliphatic heterocycles. The smallest absolute Gasteiger partial charge is 0.264 e. The Labute approximate surface area is 194 Å². The van der Waals surface area contributed by atoms with Gasteiger partial charge in [-0.1, -0.05) is 78.1 Å². The summed E-state index contributed by atoms with van der Waals surface area (Å²) < 4.78 is 21.0. The van der Waals surface area contributed by atoms with Crippen LogP contribution in [-0.2, 0) is 6.54 Å². The molecule has 0 saturated heterocycles. The van der Waals surface area contributed by atoms with Crippen LogP contribution in [0, 0.1) is 5.82 Å². The molecular formula is C27H19FN2O2S. The number of rotatable bonds is 6. The predicted molar refractivity (Wildman–Crippen MR) is 129 cm³/mol. The molecule has 0 spiro atoms. The average molecular weight is 455 g/mol. The fourth-order valence-electron chi connectivity index (χ4n) is 3.50. The first-order valence-corrected chi connectivity index (χ1v) is 11.2. The molecule has 0 fully saturated rings. The summed E-state index contributed by atoms with van der Waals surface area (Å²) in [6, 6.07) is 30.9. The molecule has 0 bridgehead atoms. The average Bonchev–Trinajstić information content (AvgIpc) is 3.29. The lowest BCUT2D eigenvalue weighted by atomic mass is 10.1. The third-order valence-electron chi connectivity index (χ3n) is 5.11. The molecule has 1 amide bonds. The van der Waals surface area contributed by atoms with Gasteiger partial charge in [-0.2, -0.15) is 0 Å². The van der Waals surface area contributed by atoms with Gasteiger partial charge in [0, 0.05) is 0 Å². The maximum Gasteiger partial charge on any atom is 0.264 e. The predicted octanol–water partition coefficient (Wildman–Crippen LogP) is 7.07. The lowest BCUT2D eigenvalue weighted by Gasteiger charge is -2.21. The number of benzene rings is 4. The van der Waals surface area contributed by atoms with E-state index in [4.69, 9.17) is 4.74 Å². The second-order valence-electron chi connectivity index (χ2n) is 7.37. The van der Waals surface area contributed by atoms with E-state index < -0.39 is 5.82 Å². The molecule has 0 aliphatic carbocycles. The number of fused-ring (bicyclic) bond motifs is 1. The lowest BCUT2D eigenvalue weighted by Crippen LogP contribution is -2.30. The highest BCUT2D eigenvalue weighted by Crippen LogP contribution is 2.34. The first-order chi connectivity index (χ1) is 16.2. The van der Waals surface area contributed by atoms with Gasteiger partial charge in [0.2, 0.25) is 0 Å². The third kappa shape index (κ3) is 4.47. The monoisotopic (exact) mass is 454 g/mol. The first kappa shape index (κ1) is 20.8. The summed E-state index contributed by atoms with van der Waals surface area (Å²) in [5, 5.41) is 0.429. The fourth-order valence-corrected chi connectivity index (χ4v) is 4.48. The van der Waals surface area contributed by atoms with Crippen LogP contribution in [0.4, 0.5) is 9.52 Å². The summed E-state index contributed by atoms with van der Waals surface area (Å²) in [5.41, 5.74) is 1.60. The van der Waals surface area contributed by atoms with Gasteiger partial charge in [0.1, 0.15) is 22.8 Å². The van der Waals surface area contributed by atoms with Crippen LogP contribution in [0.3, 0.4) is 0 Å². The molecule has 0 aliphatic rings. The van der Waals surface area contributed by atoms with Crippen molar-refractivity contribution in [1.29, 1.82) is 0 Å². The number of aromatic nitrogens is 1. The topological polar surface area (TPSA) is 42.4 Å². The van der Waals surface area contributed by atoms with E-state index in [1.807, 2.05) is 66.7 Å². The molecular weight excluding hydrogens is 435 g/mol. The number of para-hydroxylation sites is 3. The van der Waals surface area contributed by atoms with Crippen LogP contribution in [0.25, 0.3) is 10.2 Å². The van der Waals surface area contributed by atoms with Crippen LogP contribution in [0.1, 0.15) is 15.9 Å². The number of halogens is 1. The minimum absolute atomic E-state index is 0.261. The van der Waals surface area contributed by atoms with Crippen molar-refractivity contribution in [2.24, 2.45) is 0 Å². The van der Waals surface area contributed by atoms with E-state index >= 15 is 0 Å². The molecule has 1 aromatic heterocycles. The van der Waals surface area contributed by atoms with Gasteiger partial charge in [-0.05, 0) is 42.0 Å². The number of carbonyl (C=O) groups is 1. The van der Waals surface area contributed by atoms with E-state index in [9.17, 15) is 9.18 Å². The zero-order valence-corrected chi connectivity index (χ0v) is 18.3. The molecule has 0 atom stereocenters. The third-order valence-corrected chi connectivity index (χ3v) is 6.15. The Kier molecular flexibility index (Phi) is 5.83. The standard InChI is InChI=1S/C27H19FN2O2S/c28-22-15-9-17-24-25(22)29-27(33-24)30(18-19-10-3-1-4-11-19)26(31)21-14-7-8-16-23(21)32-20-12-5-2-6-13-20/h1-17H,18H2. The Morgan fingerprint density at radius 3 is 2.30 bits per heavy atom. The lowest BCUT2D eigenvalue weighted by molar-refractivity contribution is 0.0983. The molecule has 6 heteroatoms. The summed E-state index contributed by atoms with van der Waals surface area (Å²) in [6.45, 7) is 0.292. The van der Waals surface area contributed by atoms with Crippen molar-refractivity contribution in [2.45, 2.75) is 6.54 Å². The van der Waals surface area contributed by atoms with Gasteiger partial charge in [0.15, 0.2) is 5.13 Å². The number of amides is 1.